The number of anilines is 1. The van der Waals surface area contributed by atoms with E-state index in [4.69, 9.17) is 10.5 Å². The average Bonchev–Trinajstić information content (AvgIpc) is 2.47. The Balaban J connectivity index is 2.69. The summed E-state index contributed by atoms with van der Waals surface area (Å²) in [5.41, 5.74) is 9.67. The third-order valence-corrected chi connectivity index (χ3v) is 3.35. The molecule has 0 amide bonds. The summed E-state index contributed by atoms with van der Waals surface area (Å²) in [6.45, 7) is 3.44. The normalized spacial score (nSPS) is 10.2. The van der Waals surface area contributed by atoms with E-state index in [2.05, 4.69) is 0 Å². The van der Waals surface area contributed by atoms with Gasteiger partial charge in [-0.05, 0) is 31.5 Å². The predicted octanol–water partition coefficient (Wildman–Crippen LogP) is 3.23. The second kappa shape index (κ2) is 5.79. The van der Waals surface area contributed by atoms with Gasteiger partial charge in [0, 0.05) is 11.1 Å². The minimum atomic E-state index is -0.552. The van der Waals surface area contributed by atoms with E-state index in [1.165, 1.54) is 20.1 Å². The molecule has 2 N–H and O–H groups in total. The number of nitrogens with two attached hydrogens (primary N) is 1. The highest BCUT2D eigenvalue weighted by Crippen LogP contribution is 2.31. The smallest absolute Gasteiger partial charge is 0.340 e. The lowest BCUT2D eigenvalue weighted by molar-refractivity contribution is 0.0602. The van der Waals surface area contributed by atoms with E-state index in [1.54, 1.807) is 6.07 Å². The number of Topliss-reactive ketones (excluding diaryl/α,β-unsaturated/α-hetero) is 1. The third-order valence-electron chi connectivity index (χ3n) is 3.35. The van der Waals surface area contributed by atoms with Crippen molar-refractivity contribution in [3.05, 3.63) is 53.1 Å². The molecule has 0 atom stereocenters. The zero-order valence-corrected chi connectivity index (χ0v) is 12.3. The van der Waals surface area contributed by atoms with Crippen LogP contribution in [0, 0.1) is 6.92 Å². The van der Waals surface area contributed by atoms with Crippen LogP contribution in [-0.4, -0.2) is 18.9 Å². The summed E-state index contributed by atoms with van der Waals surface area (Å²) >= 11 is 0. The fraction of sp³-hybridized carbons (Fsp3) is 0.176. The lowest BCUT2D eigenvalue weighted by Crippen LogP contribution is -2.09. The van der Waals surface area contributed by atoms with E-state index < -0.39 is 5.97 Å². The highest BCUT2D eigenvalue weighted by Gasteiger charge is 2.17. The Labute approximate surface area is 123 Å². The number of ether oxygens (including phenoxy) is 1. The van der Waals surface area contributed by atoms with Gasteiger partial charge in [0.15, 0.2) is 5.78 Å². The van der Waals surface area contributed by atoms with Crippen LogP contribution >= 0.6 is 0 Å². The van der Waals surface area contributed by atoms with E-state index in [1.807, 2.05) is 31.2 Å². The molecule has 0 saturated heterocycles. The van der Waals surface area contributed by atoms with Gasteiger partial charge < -0.3 is 10.5 Å². The van der Waals surface area contributed by atoms with Crippen LogP contribution in [0.25, 0.3) is 11.1 Å². The van der Waals surface area contributed by atoms with Gasteiger partial charge in [0.1, 0.15) is 0 Å². The van der Waals surface area contributed by atoms with Crippen LogP contribution in [0.15, 0.2) is 36.4 Å². The molecule has 0 heterocycles. The molecule has 0 saturated carbocycles. The number of benzene rings is 2. The van der Waals surface area contributed by atoms with Crippen molar-refractivity contribution in [1.82, 2.24) is 0 Å². The molecule has 4 nitrogen and oxygen atoms in total. The Hall–Kier alpha value is -2.62. The summed E-state index contributed by atoms with van der Waals surface area (Å²) in [6, 6.07) is 10.9. The minimum Gasteiger partial charge on any atom is -0.465 e. The van der Waals surface area contributed by atoms with Crippen molar-refractivity contribution in [2.24, 2.45) is 0 Å². The Bertz CT molecular complexity index is 703. The monoisotopic (exact) mass is 283 g/mol. The molecule has 108 valence electrons. The summed E-state index contributed by atoms with van der Waals surface area (Å²) < 4.78 is 4.73. The first kappa shape index (κ1) is 14.8. The maximum atomic E-state index is 11.8. The van der Waals surface area contributed by atoms with Crippen molar-refractivity contribution in [2.45, 2.75) is 13.8 Å². The number of aryl methyl sites for hydroxylation is 1. The molecular weight excluding hydrogens is 266 g/mol. The summed E-state index contributed by atoms with van der Waals surface area (Å²) in [5.74, 6) is -0.683. The average molecular weight is 283 g/mol. The number of rotatable bonds is 3. The van der Waals surface area contributed by atoms with E-state index >= 15 is 0 Å². The summed E-state index contributed by atoms with van der Waals surface area (Å²) in [7, 11) is 1.29. The van der Waals surface area contributed by atoms with Crippen LogP contribution in [0.1, 0.15) is 33.2 Å². The second-order valence-corrected chi connectivity index (χ2v) is 4.90. The molecular formula is C17H17NO3. The van der Waals surface area contributed by atoms with Crippen molar-refractivity contribution in [2.75, 3.05) is 12.8 Å². The molecule has 21 heavy (non-hydrogen) atoms. The van der Waals surface area contributed by atoms with Gasteiger partial charge >= 0.3 is 5.97 Å². The zero-order chi connectivity index (χ0) is 15.6. The largest absolute Gasteiger partial charge is 0.465 e. The standard InChI is InChI=1S/C17H17NO3/c1-10-4-6-12(7-5-10)14-8-13(11(2)19)9-15(16(14)18)17(20)21-3/h4-9H,18H2,1-3H3. The van der Waals surface area contributed by atoms with Gasteiger partial charge in [0.2, 0.25) is 0 Å². The Morgan fingerprint density at radius 3 is 2.24 bits per heavy atom. The van der Waals surface area contributed by atoms with E-state index in [0.29, 0.717) is 16.8 Å². The number of methoxy groups -OCH3 is 1. The molecule has 2 aromatic rings. The molecule has 4 heteroatoms. The third kappa shape index (κ3) is 2.94. The van der Waals surface area contributed by atoms with Crippen molar-refractivity contribution in [3.63, 3.8) is 0 Å². The van der Waals surface area contributed by atoms with Gasteiger partial charge in [0.05, 0.1) is 18.4 Å². The van der Waals surface area contributed by atoms with Crippen LogP contribution in [0.3, 0.4) is 0 Å². The fourth-order valence-electron chi connectivity index (χ4n) is 2.11. The fourth-order valence-corrected chi connectivity index (χ4v) is 2.11. The van der Waals surface area contributed by atoms with E-state index in [0.717, 1.165) is 11.1 Å². The van der Waals surface area contributed by atoms with Crippen molar-refractivity contribution in [1.29, 1.82) is 0 Å². The molecule has 2 rings (SSSR count). The van der Waals surface area contributed by atoms with Gasteiger partial charge in [-0.2, -0.15) is 0 Å². The zero-order valence-electron chi connectivity index (χ0n) is 12.3. The van der Waals surface area contributed by atoms with Gasteiger partial charge in [-0.1, -0.05) is 29.8 Å². The SMILES string of the molecule is COC(=O)c1cc(C(C)=O)cc(-c2ccc(C)cc2)c1N. The number of carbonyl (C=O) groups is 2. The van der Waals surface area contributed by atoms with Crippen LogP contribution in [-0.2, 0) is 4.74 Å². The predicted molar refractivity (Wildman–Crippen MR) is 82.4 cm³/mol. The molecule has 0 aliphatic rings. The topological polar surface area (TPSA) is 69.4 Å². The molecule has 0 aliphatic carbocycles. The first-order valence-electron chi connectivity index (χ1n) is 6.54. The van der Waals surface area contributed by atoms with Gasteiger partial charge in [-0.25, -0.2) is 4.79 Å². The van der Waals surface area contributed by atoms with E-state index in [-0.39, 0.29) is 11.3 Å². The summed E-state index contributed by atoms with van der Waals surface area (Å²) in [6.07, 6.45) is 0. The maximum Gasteiger partial charge on any atom is 0.340 e. The highest BCUT2D eigenvalue weighted by molar-refractivity contribution is 6.04. The van der Waals surface area contributed by atoms with Gasteiger partial charge in [0.25, 0.3) is 0 Å². The lowest BCUT2D eigenvalue weighted by Gasteiger charge is -2.12. The number of carbonyl (C=O) groups excluding carboxylic acids is 2. The molecule has 0 unspecified atom stereocenters. The van der Waals surface area contributed by atoms with Crippen molar-refractivity contribution >= 4 is 17.4 Å². The number of ketones is 1. The van der Waals surface area contributed by atoms with Crippen LogP contribution in [0.5, 0.6) is 0 Å². The number of hydrogen-bond donors (Lipinski definition) is 1. The molecule has 0 aromatic heterocycles. The quantitative estimate of drug-likeness (QED) is 0.533. The van der Waals surface area contributed by atoms with E-state index in [9.17, 15) is 9.59 Å². The number of esters is 1. The van der Waals surface area contributed by atoms with Crippen LogP contribution < -0.4 is 5.73 Å². The molecule has 0 radical (unpaired) electrons. The molecule has 0 aliphatic heterocycles. The first-order valence-corrected chi connectivity index (χ1v) is 6.54. The van der Waals surface area contributed by atoms with Crippen LogP contribution in [0.2, 0.25) is 0 Å². The lowest BCUT2D eigenvalue weighted by atomic mass is 9.95. The highest BCUT2D eigenvalue weighted by atomic mass is 16.5. The summed E-state index contributed by atoms with van der Waals surface area (Å²) in [4.78, 5) is 23.5. The Morgan fingerprint density at radius 2 is 1.71 bits per heavy atom. The van der Waals surface area contributed by atoms with Crippen molar-refractivity contribution in [3.8, 4) is 11.1 Å². The molecule has 0 fully saturated rings. The molecule has 0 bridgehead atoms. The molecule has 0 spiro atoms. The molecule has 2 aromatic carbocycles. The number of hydrogen-bond acceptors (Lipinski definition) is 4. The number of nitrogen functional groups attached to an aromatic ring is 1. The maximum absolute atomic E-state index is 11.8. The second-order valence-electron chi connectivity index (χ2n) is 4.90. The van der Waals surface area contributed by atoms with Crippen LogP contribution in [0.4, 0.5) is 5.69 Å². The first-order chi connectivity index (χ1) is 9.93. The summed E-state index contributed by atoms with van der Waals surface area (Å²) in [5, 5.41) is 0. The van der Waals surface area contributed by atoms with Gasteiger partial charge in [-0.3, -0.25) is 4.79 Å². The van der Waals surface area contributed by atoms with Gasteiger partial charge in [-0.15, -0.1) is 0 Å². The Kier molecular flexibility index (Phi) is 4.08. The van der Waals surface area contributed by atoms with Crippen molar-refractivity contribution < 1.29 is 14.3 Å². The Morgan fingerprint density at radius 1 is 1.10 bits per heavy atom. The minimum absolute atomic E-state index is 0.131.